The van der Waals surface area contributed by atoms with Crippen LogP contribution in [0.15, 0.2) is 71.6 Å². The van der Waals surface area contributed by atoms with Crippen LogP contribution in [-0.4, -0.2) is 25.4 Å². The Morgan fingerprint density at radius 1 is 0.833 bits per heavy atom. The van der Waals surface area contributed by atoms with Gasteiger partial charge in [0.2, 0.25) is 0 Å². The van der Waals surface area contributed by atoms with Gasteiger partial charge in [0, 0.05) is 16.9 Å². The molecule has 1 amide bonds. The Balaban J connectivity index is 1.87. The summed E-state index contributed by atoms with van der Waals surface area (Å²) in [6, 6.07) is 17.0. The summed E-state index contributed by atoms with van der Waals surface area (Å²) in [6.45, 7) is 3.54. The van der Waals surface area contributed by atoms with Gasteiger partial charge in [-0.3, -0.25) is 9.52 Å². The van der Waals surface area contributed by atoms with E-state index in [1.807, 2.05) is 6.92 Å². The fourth-order valence-corrected chi connectivity index (χ4v) is 4.13. The second kappa shape index (κ2) is 8.38. The second-order valence-electron chi connectivity index (χ2n) is 6.79. The fourth-order valence-electron chi connectivity index (χ4n) is 2.80. The van der Waals surface area contributed by atoms with Gasteiger partial charge in [0.15, 0.2) is 0 Å². The molecule has 3 N–H and O–H groups in total. The smallest absolute Gasteiger partial charge is 0.335 e. The molecule has 30 heavy (non-hydrogen) atoms. The summed E-state index contributed by atoms with van der Waals surface area (Å²) < 4.78 is 28.2. The molecule has 0 saturated carbocycles. The number of anilines is 2. The number of carboxylic acid groups (broad SMARTS) is 1. The summed E-state index contributed by atoms with van der Waals surface area (Å²) in [4.78, 5) is 23.7. The van der Waals surface area contributed by atoms with Crippen LogP contribution in [0, 0.1) is 13.8 Å². The number of hydrogen-bond donors (Lipinski definition) is 3. The molecule has 0 fully saturated rings. The van der Waals surface area contributed by atoms with Crippen LogP contribution in [0.25, 0.3) is 0 Å². The van der Waals surface area contributed by atoms with Gasteiger partial charge in [-0.25, -0.2) is 13.2 Å². The third-order valence-electron chi connectivity index (χ3n) is 4.41. The van der Waals surface area contributed by atoms with Crippen molar-refractivity contribution in [3.8, 4) is 0 Å². The maximum Gasteiger partial charge on any atom is 0.335 e. The predicted molar refractivity (Wildman–Crippen MR) is 115 cm³/mol. The summed E-state index contributed by atoms with van der Waals surface area (Å²) in [5.74, 6) is -1.67. The van der Waals surface area contributed by atoms with Crippen LogP contribution in [-0.2, 0) is 10.0 Å². The molecule has 3 rings (SSSR count). The van der Waals surface area contributed by atoms with E-state index in [-0.39, 0.29) is 16.0 Å². The third kappa shape index (κ3) is 4.84. The number of carbonyl (C=O) groups is 2. The first-order chi connectivity index (χ1) is 14.2. The van der Waals surface area contributed by atoms with Crippen LogP contribution >= 0.6 is 0 Å². The zero-order valence-electron chi connectivity index (χ0n) is 16.3. The lowest BCUT2D eigenvalue weighted by Gasteiger charge is -2.12. The first-order valence-corrected chi connectivity index (χ1v) is 10.5. The van der Waals surface area contributed by atoms with E-state index in [1.54, 1.807) is 43.3 Å². The van der Waals surface area contributed by atoms with Gasteiger partial charge in [0.1, 0.15) is 0 Å². The van der Waals surface area contributed by atoms with Gasteiger partial charge in [-0.2, -0.15) is 0 Å². The molecule has 0 radical (unpaired) electrons. The zero-order valence-corrected chi connectivity index (χ0v) is 17.2. The van der Waals surface area contributed by atoms with Gasteiger partial charge in [0.05, 0.1) is 10.5 Å². The first kappa shape index (κ1) is 21.1. The Labute approximate surface area is 174 Å². The van der Waals surface area contributed by atoms with E-state index >= 15 is 0 Å². The monoisotopic (exact) mass is 424 g/mol. The van der Waals surface area contributed by atoms with Crippen LogP contribution in [0.3, 0.4) is 0 Å². The minimum Gasteiger partial charge on any atom is -0.478 e. The van der Waals surface area contributed by atoms with Crippen molar-refractivity contribution in [3.63, 3.8) is 0 Å². The zero-order chi connectivity index (χ0) is 21.9. The third-order valence-corrected chi connectivity index (χ3v) is 5.93. The van der Waals surface area contributed by atoms with Crippen molar-refractivity contribution in [2.75, 3.05) is 10.0 Å². The maximum absolute atomic E-state index is 12.9. The Bertz CT molecular complexity index is 1220. The summed E-state index contributed by atoms with van der Waals surface area (Å²) in [6.07, 6.45) is 0. The average Bonchev–Trinajstić information content (AvgIpc) is 2.70. The van der Waals surface area contributed by atoms with E-state index < -0.39 is 21.9 Å². The molecule has 3 aromatic rings. The number of sulfonamides is 1. The van der Waals surface area contributed by atoms with Crippen molar-refractivity contribution in [2.24, 2.45) is 0 Å². The van der Waals surface area contributed by atoms with Gasteiger partial charge in [-0.1, -0.05) is 29.8 Å². The minimum absolute atomic E-state index is 0.0185. The number of nitrogens with one attached hydrogen (secondary N) is 2. The SMILES string of the molecule is Cc1ccc(NS(=O)(=O)c2cc(C(=O)Nc3cccc(C(=O)O)c3)ccc2C)cc1. The van der Waals surface area contributed by atoms with Crippen molar-refractivity contribution in [1.82, 2.24) is 0 Å². The Hall–Kier alpha value is -3.65. The van der Waals surface area contributed by atoms with E-state index in [1.165, 1.54) is 30.3 Å². The Morgan fingerprint density at radius 3 is 2.20 bits per heavy atom. The number of carbonyl (C=O) groups excluding carboxylic acids is 1. The fraction of sp³-hybridized carbons (Fsp3) is 0.0909. The molecule has 0 aliphatic heterocycles. The number of benzene rings is 3. The summed E-state index contributed by atoms with van der Waals surface area (Å²) in [5.41, 5.74) is 2.36. The van der Waals surface area contributed by atoms with Crippen LogP contribution < -0.4 is 10.0 Å². The van der Waals surface area contributed by atoms with Crippen LogP contribution in [0.2, 0.25) is 0 Å². The lowest BCUT2D eigenvalue weighted by atomic mass is 10.1. The van der Waals surface area contributed by atoms with E-state index in [0.29, 0.717) is 16.9 Å². The van der Waals surface area contributed by atoms with Crippen molar-refractivity contribution >= 4 is 33.3 Å². The van der Waals surface area contributed by atoms with Crippen LogP contribution in [0.5, 0.6) is 0 Å². The Kier molecular flexibility index (Phi) is 5.89. The molecule has 7 nitrogen and oxygen atoms in total. The van der Waals surface area contributed by atoms with E-state index in [4.69, 9.17) is 5.11 Å². The second-order valence-corrected chi connectivity index (χ2v) is 8.44. The van der Waals surface area contributed by atoms with Gasteiger partial charge in [-0.05, 0) is 61.9 Å². The molecule has 0 unspecified atom stereocenters. The molecule has 0 heterocycles. The van der Waals surface area contributed by atoms with Crippen LogP contribution in [0.1, 0.15) is 31.8 Å². The highest BCUT2D eigenvalue weighted by Gasteiger charge is 2.19. The van der Waals surface area contributed by atoms with Crippen molar-refractivity contribution in [3.05, 3.63) is 89.0 Å². The molecule has 0 atom stereocenters. The van der Waals surface area contributed by atoms with E-state index in [0.717, 1.165) is 5.56 Å². The molecule has 0 aromatic heterocycles. The molecular weight excluding hydrogens is 404 g/mol. The standard InChI is InChI=1S/C22H20N2O5S/c1-14-6-10-18(11-7-14)24-30(28,29)20-13-16(9-8-15(20)2)21(25)23-19-5-3-4-17(12-19)22(26)27/h3-13,24H,1-2H3,(H,23,25)(H,26,27). The van der Waals surface area contributed by atoms with Crippen LogP contribution in [0.4, 0.5) is 11.4 Å². The van der Waals surface area contributed by atoms with E-state index in [9.17, 15) is 18.0 Å². The molecule has 0 saturated heterocycles. The summed E-state index contributed by atoms with van der Waals surface area (Å²) >= 11 is 0. The van der Waals surface area contributed by atoms with Gasteiger partial charge < -0.3 is 10.4 Å². The van der Waals surface area contributed by atoms with Gasteiger partial charge in [0.25, 0.3) is 15.9 Å². The number of carboxylic acids is 1. The lowest BCUT2D eigenvalue weighted by molar-refractivity contribution is 0.0696. The summed E-state index contributed by atoms with van der Waals surface area (Å²) in [7, 11) is -3.91. The quantitative estimate of drug-likeness (QED) is 0.552. The minimum atomic E-state index is -3.91. The normalized spacial score (nSPS) is 11.0. The molecule has 0 aliphatic rings. The van der Waals surface area contributed by atoms with Crippen molar-refractivity contribution in [1.29, 1.82) is 0 Å². The van der Waals surface area contributed by atoms with E-state index in [2.05, 4.69) is 10.0 Å². The molecule has 0 aliphatic carbocycles. The van der Waals surface area contributed by atoms with Crippen molar-refractivity contribution in [2.45, 2.75) is 18.7 Å². The topological polar surface area (TPSA) is 113 Å². The number of aryl methyl sites for hydroxylation is 2. The van der Waals surface area contributed by atoms with Gasteiger partial charge >= 0.3 is 5.97 Å². The number of aromatic carboxylic acids is 1. The average molecular weight is 424 g/mol. The molecule has 154 valence electrons. The number of rotatable bonds is 6. The molecule has 8 heteroatoms. The highest BCUT2D eigenvalue weighted by Crippen LogP contribution is 2.22. The Morgan fingerprint density at radius 2 is 1.53 bits per heavy atom. The number of amides is 1. The number of hydrogen-bond acceptors (Lipinski definition) is 4. The summed E-state index contributed by atoms with van der Waals surface area (Å²) in [5, 5.41) is 11.7. The lowest BCUT2D eigenvalue weighted by Crippen LogP contribution is -2.17. The van der Waals surface area contributed by atoms with Crippen molar-refractivity contribution < 1.29 is 23.1 Å². The first-order valence-electron chi connectivity index (χ1n) is 9.00. The largest absolute Gasteiger partial charge is 0.478 e. The molecule has 0 spiro atoms. The highest BCUT2D eigenvalue weighted by molar-refractivity contribution is 7.92. The predicted octanol–water partition coefficient (Wildman–Crippen LogP) is 4.05. The van der Waals surface area contributed by atoms with Gasteiger partial charge in [-0.15, -0.1) is 0 Å². The molecular formula is C22H20N2O5S. The molecule has 0 bridgehead atoms. The highest BCUT2D eigenvalue weighted by atomic mass is 32.2. The maximum atomic E-state index is 12.9. The molecule has 3 aromatic carbocycles.